The highest BCUT2D eigenvalue weighted by Crippen LogP contribution is 2.36. The summed E-state index contributed by atoms with van der Waals surface area (Å²) >= 11 is 5.58. The number of nitrogens with zero attached hydrogens (tertiary/aromatic N) is 2. The summed E-state index contributed by atoms with van der Waals surface area (Å²) in [6, 6.07) is 5.39. The molecule has 1 aromatic carbocycles. The van der Waals surface area contributed by atoms with E-state index in [1.165, 1.54) is 18.3 Å². The summed E-state index contributed by atoms with van der Waals surface area (Å²) in [6.45, 7) is 3.90. The molecule has 4 nitrogen and oxygen atoms in total. The van der Waals surface area contributed by atoms with E-state index in [0.717, 1.165) is 6.07 Å². The van der Waals surface area contributed by atoms with Crippen LogP contribution in [0.4, 0.5) is 30.6 Å². The van der Waals surface area contributed by atoms with Gasteiger partial charge >= 0.3 is 6.18 Å². The largest absolute Gasteiger partial charge is 0.417 e. The van der Waals surface area contributed by atoms with E-state index in [9.17, 15) is 13.2 Å². The molecule has 2 rings (SSSR count). The van der Waals surface area contributed by atoms with Gasteiger partial charge in [-0.2, -0.15) is 18.2 Å². The number of nitrogens with one attached hydrogen (secondary N) is 2. The monoisotopic (exact) mass is 330 g/mol. The van der Waals surface area contributed by atoms with Crippen LogP contribution in [0, 0.1) is 0 Å². The lowest BCUT2D eigenvalue weighted by Crippen LogP contribution is -2.12. The van der Waals surface area contributed by atoms with Crippen molar-refractivity contribution in [3.8, 4) is 0 Å². The maximum Gasteiger partial charge on any atom is 0.417 e. The molecule has 0 radical (unpaired) electrons. The molecule has 2 N–H and O–H groups in total. The zero-order valence-corrected chi connectivity index (χ0v) is 12.6. The first-order chi connectivity index (χ1) is 10.3. The first kappa shape index (κ1) is 16.4. The first-order valence-electron chi connectivity index (χ1n) is 6.49. The zero-order valence-electron chi connectivity index (χ0n) is 11.9. The predicted molar refractivity (Wildman–Crippen MR) is 80.5 cm³/mol. The summed E-state index contributed by atoms with van der Waals surface area (Å²) in [4.78, 5) is 8.15. The molecule has 0 saturated carbocycles. The molecule has 0 aliphatic carbocycles. The third kappa shape index (κ3) is 4.24. The summed E-state index contributed by atoms with van der Waals surface area (Å²) in [5.41, 5.74) is -0.700. The number of benzene rings is 1. The highest BCUT2D eigenvalue weighted by atomic mass is 35.5. The van der Waals surface area contributed by atoms with Crippen LogP contribution in [0.1, 0.15) is 19.4 Å². The first-order valence-corrected chi connectivity index (χ1v) is 6.87. The van der Waals surface area contributed by atoms with Crippen LogP contribution in [0.2, 0.25) is 5.02 Å². The minimum Gasteiger partial charge on any atom is -0.368 e. The summed E-state index contributed by atoms with van der Waals surface area (Å²) < 4.78 is 38.5. The summed E-state index contributed by atoms with van der Waals surface area (Å²) in [7, 11) is 0. The summed E-state index contributed by atoms with van der Waals surface area (Å²) in [6.07, 6.45) is -3.00. The van der Waals surface area contributed by atoms with E-state index in [2.05, 4.69) is 20.6 Å². The Morgan fingerprint density at radius 1 is 1.18 bits per heavy atom. The maximum absolute atomic E-state index is 12.8. The summed E-state index contributed by atoms with van der Waals surface area (Å²) in [5.74, 6) is 0.776. The molecule has 2 aromatic rings. The van der Waals surface area contributed by atoms with Gasteiger partial charge in [-0.3, -0.25) is 0 Å². The molecule has 118 valence electrons. The van der Waals surface area contributed by atoms with Gasteiger partial charge < -0.3 is 10.6 Å². The maximum atomic E-state index is 12.8. The Hall–Kier alpha value is -2.02. The third-order valence-electron chi connectivity index (χ3n) is 2.62. The number of anilines is 3. The van der Waals surface area contributed by atoms with Crippen molar-refractivity contribution < 1.29 is 13.2 Å². The Bertz CT molecular complexity index is 659. The molecular formula is C14H14ClF3N4. The van der Waals surface area contributed by atoms with E-state index in [0.29, 0.717) is 5.82 Å². The van der Waals surface area contributed by atoms with Crippen molar-refractivity contribution in [2.45, 2.75) is 26.1 Å². The zero-order chi connectivity index (χ0) is 16.3. The third-order valence-corrected chi connectivity index (χ3v) is 2.95. The minimum atomic E-state index is -4.52. The molecule has 0 atom stereocenters. The second kappa shape index (κ2) is 6.39. The van der Waals surface area contributed by atoms with Gasteiger partial charge in [0.25, 0.3) is 0 Å². The van der Waals surface area contributed by atoms with Crippen molar-refractivity contribution in [3.63, 3.8) is 0 Å². The van der Waals surface area contributed by atoms with Crippen LogP contribution in [0.25, 0.3) is 0 Å². The molecule has 1 aromatic heterocycles. The van der Waals surface area contributed by atoms with Gasteiger partial charge in [-0.05, 0) is 38.1 Å². The van der Waals surface area contributed by atoms with Gasteiger partial charge in [0.15, 0.2) is 0 Å². The SMILES string of the molecule is CC(C)Nc1ccnc(Nc2ccc(Cl)c(C(F)(F)F)c2)n1. The number of aromatic nitrogens is 2. The van der Waals surface area contributed by atoms with Crippen molar-refractivity contribution in [2.75, 3.05) is 10.6 Å². The molecule has 0 bridgehead atoms. The smallest absolute Gasteiger partial charge is 0.368 e. The quantitative estimate of drug-likeness (QED) is 0.852. The molecule has 0 spiro atoms. The molecule has 0 aliphatic heterocycles. The van der Waals surface area contributed by atoms with Gasteiger partial charge in [0.1, 0.15) is 5.82 Å². The lowest BCUT2D eigenvalue weighted by atomic mass is 10.2. The van der Waals surface area contributed by atoms with Crippen LogP contribution < -0.4 is 10.6 Å². The number of hydrogen-bond acceptors (Lipinski definition) is 4. The fourth-order valence-electron chi connectivity index (χ4n) is 1.74. The lowest BCUT2D eigenvalue weighted by molar-refractivity contribution is -0.137. The summed E-state index contributed by atoms with van der Waals surface area (Å²) in [5, 5.41) is 5.47. The van der Waals surface area contributed by atoms with E-state index in [1.54, 1.807) is 6.07 Å². The van der Waals surface area contributed by atoms with Gasteiger partial charge in [0.2, 0.25) is 5.95 Å². The molecule has 22 heavy (non-hydrogen) atoms. The second-order valence-corrected chi connectivity index (χ2v) is 5.29. The van der Waals surface area contributed by atoms with Crippen LogP contribution in [0.15, 0.2) is 30.5 Å². The van der Waals surface area contributed by atoms with Crippen LogP contribution in [0.3, 0.4) is 0 Å². The fraction of sp³-hybridized carbons (Fsp3) is 0.286. The lowest BCUT2D eigenvalue weighted by Gasteiger charge is -2.13. The molecule has 1 heterocycles. The van der Waals surface area contributed by atoms with E-state index in [1.807, 2.05) is 13.8 Å². The topological polar surface area (TPSA) is 49.8 Å². The Morgan fingerprint density at radius 3 is 2.55 bits per heavy atom. The van der Waals surface area contributed by atoms with E-state index < -0.39 is 11.7 Å². The van der Waals surface area contributed by atoms with Gasteiger partial charge in [0, 0.05) is 17.9 Å². The van der Waals surface area contributed by atoms with Crippen molar-refractivity contribution in [1.29, 1.82) is 0 Å². The Labute approximate surface area is 130 Å². The molecule has 0 fully saturated rings. The second-order valence-electron chi connectivity index (χ2n) is 4.88. The highest BCUT2D eigenvalue weighted by Gasteiger charge is 2.33. The average molecular weight is 331 g/mol. The van der Waals surface area contributed by atoms with E-state index in [4.69, 9.17) is 11.6 Å². The normalized spacial score (nSPS) is 11.6. The van der Waals surface area contributed by atoms with Gasteiger partial charge in [-0.1, -0.05) is 11.6 Å². The predicted octanol–water partition coefficient (Wildman–Crippen LogP) is 4.71. The Morgan fingerprint density at radius 2 is 1.91 bits per heavy atom. The van der Waals surface area contributed by atoms with Crippen molar-refractivity contribution in [1.82, 2.24) is 9.97 Å². The highest BCUT2D eigenvalue weighted by molar-refractivity contribution is 6.31. The van der Waals surface area contributed by atoms with Crippen LogP contribution in [-0.4, -0.2) is 16.0 Å². The van der Waals surface area contributed by atoms with Crippen LogP contribution in [0.5, 0.6) is 0 Å². The number of hydrogen-bond donors (Lipinski definition) is 2. The van der Waals surface area contributed by atoms with Crippen molar-refractivity contribution >= 4 is 29.1 Å². The van der Waals surface area contributed by atoms with E-state index >= 15 is 0 Å². The van der Waals surface area contributed by atoms with Crippen LogP contribution >= 0.6 is 11.6 Å². The number of alkyl halides is 3. The molecule has 0 saturated heterocycles. The fourth-order valence-corrected chi connectivity index (χ4v) is 1.97. The molecule has 0 aliphatic rings. The van der Waals surface area contributed by atoms with Crippen LogP contribution in [-0.2, 0) is 6.18 Å². The molecule has 0 unspecified atom stereocenters. The number of halogens is 4. The van der Waals surface area contributed by atoms with Gasteiger partial charge in [-0.15, -0.1) is 0 Å². The Kier molecular flexibility index (Phi) is 4.75. The Balaban J connectivity index is 2.24. The van der Waals surface area contributed by atoms with Gasteiger partial charge in [-0.25, -0.2) is 4.98 Å². The average Bonchev–Trinajstić information content (AvgIpc) is 2.39. The molecule has 8 heteroatoms. The molecular weight excluding hydrogens is 317 g/mol. The minimum absolute atomic E-state index is 0.176. The van der Waals surface area contributed by atoms with Crippen molar-refractivity contribution in [3.05, 3.63) is 41.0 Å². The van der Waals surface area contributed by atoms with Gasteiger partial charge in [0.05, 0.1) is 10.6 Å². The number of rotatable bonds is 4. The van der Waals surface area contributed by atoms with Crippen molar-refractivity contribution in [2.24, 2.45) is 0 Å². The molecule has 0 amide bonds. The standard InChI is InChI=1S/C14H14ClF3N4/c1-8(2)20-12-5-6-19-13(22-12)21-9-3-4-11(15)10(7-9)14(16,17)18/h3-8H,1-2H3,(H2,19,20,21,22). The van der Waals surface area contributed by atoms with E-state index in [-0.39, 0.29) is 22.7 Å².